The van der Waals surface area contributed by atoms with Gasteiger partial charge in [-0.15, -0.1) is 0 Å². The van der Waals surface area contributed by atoms with Crippen LogP contribution in [0.25, 0.3) is 0 Å². The van der Waals surface area contributed by atoms with Crippen molar-refractivity contribution >= 4 is 31.9 Å². The molecular weight excluding hydrogens is 326 g/mol. The molecule has 0 spiro atoms. The Morgan fingerprint density at radius 2 is 2.27 bits per heavy atom. The molecule has 0 radical (unpaired) electrons. The minimum Gasteiger partial charge on any atom is -0.450 e. The molecule has 1 aromatic rings. The van der Waals surface area contributed by atoms with Gasteiger partial charge in [-0.2, -0.15) is 5.26 Å². The summed E-state index contributed by atoms with van der Waals surface area (Å²) >= 11 is 6.45. The summed E-state index contributed by atoms with van der Waals surface area (Å²) in [5.41, 5.74) is -0.823. The van der Waals surface area contributed by atoms with Gasteiger partial charge in [0.2, 0.25) is 0 Å². The fraction of sp³-hybridized carbons (Fsp3) is 0.500. The van der Waals surface area contributed by atoms with Gasteiger partial charge < -0.3 is 9.52 Å². The summed E-state index contributed by atoms with van der Waals surface area (Å²) in [6.07, 6.45) is -0.365. The monoisotopic (exact) mass is 335 g/mol. The molecule has 0 aliphatic heterocycles. The smallest absolute Gasteiger partial charge is 0.183 e. The minimum atomic E-state index is -0.921. The molecule has 0 bridgehead atoms. The van der Waals surface area contributed by atoms with Crippen LogP contribution in [0.4, 0.5) is 0 Å². The van der Waals surface area contributed by atoms with Crippen LogP contribution in [-0.4, -0.2) is 5.11 Å². The summed E-state index contributed by atoms with van der Waals surface area (Å²) in [4.78, 5) is 0. The molecule has 1 N–H and O–H groups in total. The second kappa shape index (κ2) is 4.69. The maximum absolute atomic E-state index is 10.0. The molecule has 0 aliphatic carbocycles. The lowest BCUT2D eigenvalue weighted by Gasteiger charge is -2.24. The first kappa shape index (κ1) is 12.8. The average molecular weight is 337 g/mol. The number of furan rings is 1. The van der Waals surface area contributed by atoms with E-state index in [0.717, 1.165) is 4.47 Å². The fourth-order valence-electron chi connectivity index (χ4n) is 1.15. The topological polar surface area (TPSA) is 57.2 Å². The second-order valence-corrected chi connectivity index (χ2v) is 5.13. The highest BCUT2D eigenvalue weighted by Crippen LogP contribution is 2.39. The van der Waals surface area contributed by atoms with Gasteiger partial charge in [-0.25, -0.2) is 0 Å². The van der Waals surface area contributed by atoms with Gasteiger partial charge in [0.25, 0.3) is 0 Å². The first-order chi connectivity index (χ1) is 6.94. The van der Waals surface area contributed by atoms with Gasteiger partial charge in [0.05, 0.1) is 16.0 Å². The van der Waals surface area contributed by atoms with Crippen molar-refractivity contribution in [3.05, 3.63) is 21.0 Å². The molecule has 0 fully saturated rings. The predicted molar refractivity (Wildman–Crippen MR) is 63.1 cm³/mol. The average Bonchev–Trinajstić information content (AvgIpc) is 2.57. The lowest BCUT2D eigenvalue weighted by Crippen LogP contribution is -2.22. The van der Waals surface area contributed by atoms with E-state index in [1.165, 1.54) is 0 Å². The number of aliphatic hydroxyl groups is 1. The number of halogens is 2. The SMILES string of the molecule is CCC(C)(C#N)C(O)c1cc(Br)c(Br)o1. The molecule has 1 aromatic heterocycles. The largest absolute Gasteiger partial charge is 0.450 e. The lowest BCUT2D eigenvalue weighted by molar-refractivity contribution is 0.0516. The molecule has 0 aliphatic rings. The third-order valence-electron chi connectivity index (χ3n) is 2.53. The Morgan fingerprint density at radius 3 is 2.60 bits per heavy atom. The predicted octanol–water partition coefficient (Wildman–Crippen LogP) is 3.78. The summed E-state index contributed by atoms with van der Waals surface area (Å²) in [5, 5.41) is 19.0. The van der Waals surface area contributed by atoms with E-state index in [-0.39, 0.29) is 0 Å². The highest BCUT2D eigenvalue weighted by atomic mass is 79.9. The minimum absolute atomic E-state index is 0.389. The molecule has 15 heavy (non-hydrogen) atoms. The number of hydrogen-bond donors (Lipinski definition) is 1. The van der Waals surface area contributed by atoms with Crippen molar-refractivity contribution in [1.82, 2.24) is 0 Å². The number of rotatable bonds is 3. The third kappa shape index (κ3) is 2.44. The molecular formula is C10H11Br2NO2. The van der Waals surface area contributed by atoms with Crippen LogP contribution in [0.2, 0.25) is 0 Å². The van der Waals surface area contributed by atoms with E-state index in [4.69, 9.17) is 9.68 Å². The summed E-state index contributed by atoms with van der Waals surface area (Å²) in [6.45, 7) is 3.57. The van der Waals surface area contributed by atoms with Crippen molar-refractivity contribution < 1.29 is 9.52 Å². The first-order valence-electron chi connectivity index (χ1n) is 4.48. The molecule has 3 nitrogen and oxygen atoms in total. The van der Waals surface area contributed by atoms with Crippen LogP contribution >= 0.6 is 31.9 Å². The van der Waals surface area contributed by atoms with E-state index in [9.17, 15) is 5.11 Å². The number of aliphatic hydroxyl groups excluding tert-OH is 1. The Labute approximate surface area is 105 Å². The van der Waals surface area contributed by atoms with Crippen molar-refractivity contribution in [3.63, 3.8) is 0 Å². The molecule has 5 heteroatoms. The Kier molecular flexibility index (Phi) is 3.99. The van der Waals surface area contributed by atoms with Crippen LogP contribution in [0, 0.1) is 16.7 Å². The third-order valence-corrected chi connectivity index (χ3v) is 4.24. The molecule has 1 rings (SSSR count). The quantitative estimate of drug-likeness (QED) is 0.913. The zero-order chi connectivity index (χ0) is 11.6. The molecule has 0 aromatic carbocycles. The highest BCUT2D eigenvalue weighted by Gasteiger charge is 2.35. The van der Waals surface area contributed by atoms with Gasteiger partial charge in [-0.05, 0) is 51.3 Å². The van der Waals surface area contributed by atoms with E-state index in [0.29, 0.717) is 16.9 Å². The van der Waals surface area contributed by atoms with Gasteiger partial charge in [0.1, 0.15) is 11.9 Å². The Bertz CT molecular complexity index is 377. The van der Waals surface area contributed by atoms with E-state index in [2.05, 4.69) is 37.9 Å². The van der Waals surface area contributed by atoms with Crippen LogP contribution < -0.4 is 0 Å². The highest BCUT2D eigenvalue weighted by molar-refractivity contribution is 9.13. The fourth-order valence-corrected chi connectivity index (χ4v) is 1.75. The number of nitrogens with zero attached hydrogens (tertiary/aromatic N) is 1. The molecule has 0 amide bonds. The molecule has 2 unspecified atom stereocenters. The van der Waals surface area contributed by atoms with Gasteiger partial charge >= 0.3 is 0 Å². The van der Waals surface area contributed by atoms with Crippen LogP contribution in [0.15, 0.2) is 19.6 Å². The molecule has 1 heterocycles. The molecule has 0 saturated carbocycles. The summed E-state index contributed by atoms with van der Waals surface area (Å²) in [5.74, 6) is 0.389. The first-order valence-corrected chi connectivity index (χ1v) is 6.07. The summed E-state index contributed by atoms with van der Waals surface area (Å²) in [7, 11) is 0. The van der Waals surface area contributed by atoms with Crippen molar-refractivity contribution in [2.45, 2.75) is 26.4 Å². The van der Waals surface area contributed by atoms with Crippen molar-refractivity contribution in [2.75, 3.05) is 0 Å². The summed E-state index contributed by atoms with van der Waals surface area (Å²) in [6, 6.07) is 3.78. The molecule has 82 valence electrons. The van der Waals surface area contributed by atoms with Crippen molar-refractivity contribution in [2.24, 2.45) is 5.41 Å². The number of nitriles is 1. The van der Waals surface area contributed by atoms with E-state index < -0.39 is 11.5 Å². The Hall–Kier alpha value is -0.310. The standard InChI is InChI=1S/C10H11Br2NO2/c1-3-10(2,5-13)8(14)7-4-6(11)9(12)15-7/h4,8,14H,3H2,1-2H3. The zero-order valence-corrected chi connectivity index (χ0v) is 11.6. The molecule has 2 atom stereocenters. The van der Waals surface area contributed by atoms with Crippen LogP contribution in [0.3, 0.4) is 0 Å². The summed E-state index contributed by atoms with van der Waals surface area (Å²) < 4.78 is 6.55. The van der Waals surface area contributed by atoms with Crippen LogP contribution in [-0.2, 0) is 0 Å². The zero-order valence-electron chi connectivity index (χ0n) is 8.42. The van der Waals surface area contributed by atoms with Crippen molar-refractivity contribution in [3.8, 4) is 6.07 Å². The maximum Gasteiger partial charge on any atom is 0.183 e. The van der Waals surface area contributed by atoms with Crippen LogP contribution in [0.1, 0.15) is 32.1 Å². The Balaban J connectivity index is 3.04. The maximum atomic E-state index is 10.0. The van der Waals surface area contributed by atoms with Crippen LogP contribution in [0.5, 0.6) is 0 Å². The van der Waals surface area contributed by atoms with Gasteiger partial charge in [0, 0.05) is 0 Å². The molecule has 0 saturated heterocycles. The van der Waals surface area contributed by atoms with Gasteiger partial charge in [0.15, 0.2) is 4.67 Å². The normalized spacial score (nSPS) is 16.8. The van der Waals surface area contributed by atoms with E-state index in [1.807, 2.05) is 6.92 Å². The second-order valence-electron chi connectivity index (χ2n) is 3.56. The van der Waals surface area contributed by atoms with Crippen molar-refractivity contribution in [1.29, 1.82) is 5.26 Å². The lowest BCUT2D eigenvalue weighted by atomic mass is 9.82. The van der Waals surface area contributed by atoms with E-state index in [1.54, 1.807) is 13.0 Å². The Morgan fingerprint density at radius 1 is 1.67 bits per heavy atom. The van der Waals surface area contributed by atoms with Gasteiger partial charge in [-0.1, -0.05) is 6.92 Å². The number of hydrogen-bond acceptors (Lipinski definition) is 3. The van der Waals surface area contributed by atoms with E-state index >= 15 is 0 Å². The van der Waals surface area contributed by atoms with Gasteiger partial charge in [-0.3, -0.25) is 0 Å².